The summed E-state index contributed by atoms with van der Waals surface area (Å²) in [5, 5.41) is 0. The van der Waals surface area contributed by atoms with Gasteiger partial charge in [0.2, 0.25) is 0 Å². The number of H-pyrrole nitrogens is 1. The van der Waals surface area contributed by atoms with Gasteiger partial charge in [0, 0.05) is 22.3 Å². The summed E-state index contributed by atoms with van der Waals surface area (Å²) in [7, 11) is 0. The van der Waals surface area contributed by atoms with E-state index in [4.69, 9.17) is 5.73 Å². The highest BCUT2D eigenvalue weighted by Crippen LogP contribution is 2.38. The van der Waals surface area contributed by atoms with Crippen molar-refractivity contribution in [2.24, 2.45) is 11.7 Å². The molecule has 0 saturated heterocycles. The number of halogens is 1. The summed E-state index contributed by atoms with van der Waals surface area (Å²) >= 11 is 3.31. The highest BCUT2D eigenvalue weighted by Gasteiger charge is 2.30. The SMILES string of the molecule is NC(c1cc(Br)c[nH]c1=O)C1CC1. The molecule has 1 aromatic rings. The van der Waals surface area contributed by atoms with Crippen molar-refractivity contribution in [1.29, 1.82) is 0 Å². The lowest BCUT2D eigenvalue weighted by molar-refractivity contribution is 0.625. The lowest BCUT2D eigenvalue weighted by Gasteiger charge is -2.08. The van der Waals surface area contributed by atoms with Crippen molar-refractivity contribution in [3.63, 3.8) is 0 Å². The predicted molar refractivity (Wildman–Crippen MR) is 54.4 cm³/mol. The van der Waals surface area contributed by atoms with Gasteiger partial charge in [-0.05, 0) is 40.8 Å². The number of hydrogen-bond donors (Lipinski definition) is 2. The molecule has 1 aliphatic carbocycles. The molecule has 2 rings (SSSR count). The van der Waals surface area contributed by atoms with Gasteiger partial charge in [-0.3, -0.25) is 4.79 Å². The van der Waals surface area contributed by atoms with Crippen molar-refractivity contribution in [2.75, 3.05) is 0 Å². The first-order chi connectivity index (χ1) is 6.18. The van der Waals surface area contributed by atoms with Gasteiger partial charge in [0.15, 0.2) is 0 Å². The van der Waals surface area contributed by atoms with Crippen LogP contribution in [0.1, 0.15) is 24.4 Å². The molecule has 1 heterocycles. The molecule has 0 aliphatic heterocycles. The van der Waals surface area contributed by atoms with E-state index in [1.807, 2.05) is 6.07 Å². The van der Waals surface area contributed by atoms with Crippen molar-refractivity contribution in [3.05, 3.63) is 32.7 Å². The number of aromatic nitrogens is 1. The summed E-state index contributed by atoms with van der Waals surface area (Å²) in [5.41, 5.74) is 6.55. The number of nitrogens with two attached hydrogens (primary N) is 1. The van der Waals surface area contributed by atoms with Gasteiger partial charge in [-0.1, -0.05) is 0 Å². The molecule has 3 nitrogen and oxygen atoms in total. The monoisotopic (exact) mass is 242 g/mol. The molecular weight excluding hydrogens is 232 g/mol. The Labute approximate surface area is 84.5 Å². The van der Waals surface area contributed by atoms with Crippen molar-refractivity contribution in [1.82, 2.24) is 4.98 Å². The highest BCUT2D eigenvalue weighted by atomic mass is 79.9. The number of hydrogen-bond acceptors (Lipinski definition) is 2. The predicted octanol–water partition coefficient (Wildman–Crippen LogP) is 1.55. The van der Waals surface area contributed by atoms with Gasteiger partial charge in [-0.15, -0.1) is 0 Å². The fraction of sp³-hybridized carbons (Fsp3) is 0.444. The van der Waals surface area contributed by atoms with Crippen LogP contribution >= 0.6 is 15.9 Å². The van der Waals surface area contributed by atoms with Crippen LogP contribution in [-0.2, 0) is 0 Å². The molecule has 0 aromatic carbocycles. The summed E-state index contributed by atoms with van der Waals surface area (Å²) < 4.78 is 0.873. The molecule has 1 aliphatic rings. The van der Waals surface area contributed by atoms with E-state index in [9.17, 15) is 4.79 Å². The van der Waals surface area contributed by atoms with E-state index in [1.165, 1.54) is 0 Å². The Morgan fingerprint density at radius 1 is 1.62 bits per heavy atom. The minimum absolute atomic E-state index is 0.0670. The molecule has 0 amide bonds. The third-order valence-electron chi connectivity index (χ3n) is 2.39. The third kappa shape index (κ3) is 1.84. The first-order valence-electron chi connectivity index (χ1n) is 4.32. The molecule has 3 N–H and O–H groups in total. The summed E-state index contributed by atoms with van der Waals surface area (Å²) in [4.78, 5) is 14.0. The molecule has 70 valence electrons. The van der Waals surface area contributed by atoms with Gasteiger partial charge in [0.05, 0.1) is 0 Å². The Morgan fingerprint density at radius 3 is 2.92 bits per heavy atom. The molecule has 1 saturated carbocycles. The minimum atomic E-state index is -0.0961. The van der Waals surface area contributed by atoms with Gasteiger partial charge in [0.25, 0.3) is 5.56 Å². The molecule has 1 atom stereocenters. The van der Waals surface area contributed by atoms with Crippen molar-refractivity contribution in [3.8, 4) is 0 Å². The minimum Gasteiger partial charge on any atom is -0.328 e. The summed E-state index contributed by atoms with van der Waals surface area (Å²) in [6, 6.07) is 1.71. The van der Waals surface area contributed by atoms with Crippen LogP contribution in [-0.4, -0.2) is 4.98 Å². The Morgan fingerprint density at radius 2 is 2.31 bits per heavy atom. The van der Waals surface area contributed by atoms with Crippen molar-refractivity contribution >= 4 is 15.9 Å². The Kier molecular flexibility index (Phi) is 2.26. The molecule has 4 heteroatoms. The highest BCUT2D eigenvalue weighted by molar-refractivity contribution is 9.10. The molecule has 1 fully saturated rings. The molecule has 13 heavy (non-hydrogen) atoms. The van der Waals surface area contributed by atoms with E-state index < -0.39 is 0 Å². The maximum atomic E-state index is 11.4. The normalized spacial score (nSPS) is 18.6. The lowest BCUT2D eigenvalue weighted by Crippen LogP contribution is -2.22. The number of aromatic amines is 1. The van der Waals surface area contributed by atoms with Crippen LogP contribution in [0.2, 0.25) is 0 Å². The average molecular weight is 243 g/mol. The summed E-state index contributed by atoms with van der Waals surface area (Å²) in [6.07, 6.45) is 3.92. The second kappa shape index (κ2) is 3.27. The fourth-order valence-corrected chi connectivity index (χ4v) is 1.79. The van der Waals surface area contributed by atoms with Crippen LogP contribution in [0.4, 0.5) is 0 Å². The number of nitrogens with one attached hydrogen (secondary N) is 1. The van der Waals surface area contributed by atoms with Crippen LogP contribution < -0.4 is 11.3 Å². The van der Waals surface area contributed by atoms with Gasteiger partial charge in [-0.2, -0.15) is 0 Å². The maximum absolute atomic E-state index is 11.4. The molecule has 0 radical (unpaired) electrons. The zero-order valence-electron chi connectivity index (χ0n) is 7.09. The van der Waals surface area contributed by atoms with E-state index in [0.717, 1.165) is 17.3 Å². The van der Waals surface area contributed by atoms with Crippen LogP contribution in [0.25, 0.3) is 0 Å². The molecule has 0 bridgehead atoms. The van der Waals surface area contributed by atoms with Crippen LogP contribution in [0, 0.1) is 5.92 Å². The summed E-state index contributed by atoms with van der Waals surface area (Å²) in [6.45, 7) is 0. The maximum Gasteiger partial charge on any atom is 0.252 e. The first kappa shape index (κ1) is 8.97. The van der Waals surface area contributed by atoms with Crippen molar-refractivity contribution < 1.29 is 0 Å². The standard InChI is InChI=1S/C9H11BrN2O/c10-6-3-7(9(13)12-4-6)8(11)5-1-2-5/h3-5,8H,1-2,11H2,(H,12,13). The second-order valence-corrected chi connectivity index (χ2v) is 4.38. The zero-order chi connectivity index (χ0) is 9.42. The van der Waals surface area contributed by atoms with Crippen LogP contribution in [0.15, 0.2) is 21.5 Å². The topological polar surface area (TPSA) is 58.9 Å². The Balaban J connectivity index is 2.37. The van der Waals surface area contributed by atoms with Gasteiger partial charge < -0.3 is 10.7 Å². The van der Waals surface area contributed by atoms with E-state index >= 15 is 0 Å². The van der Waals surface area contributed by atoms with Crippen LogP contribution in [0.5, 0.6) is 0 Å². The largest absolute Gasteiger partial charge is 0.328 e. The van der Waals surface area contributed by atoms with Gasteiger partial charge in [-0.25, -0.2) is 0 Å². The number of pyridine rings is 1. The van der Waals surface area contributed by atoms with E-state index in [-0.39, 0.29) is 11.6 Å². The average Bonchev–Trinajstić information content (AvgIpc) is 2.91. The smallest absolute Gasteiger partial charge is 0.252 e. The Bertz CT molecular complexity index is 370. The van der Waals surface area contributed by atoms with Gasteiger partial charge in [0.1, 0.15) is 0 Å². The van der Waals surface area contributed by atoms with Crippen molar-refractivity contribution in [2.45, 2.75) is 18.9 Å². The molecule has 0 spiro atoms. The second-order valence-electron chi connectivity index (χ2n) is 3.47. The van der Waals surface area contributed by atoms with E-state index in [0.29, 0.717) is 11.5 Å². The molecule has 1 aromatic heterocycles. The third-order valence-corrected chi connectivity index (χ3v) is 2.84. The van der Waals surface area contributed by atoms with E-state index in [1.54, 1.807) is 6.20 Å². The van der Waals surface area contributed by atoms with Crippen LogP contribution in [0.3, 0.4) is 0 Å². The molecular formula is C9H11BrN2O. The first-order valence-corrected chi connectivity index (χ1v) is 5.11. The number of rotatable bonds is 2. The lowest BCUT2D eigenvalue weighted by atomic mass is 10.1. The van der Waals surface area contributed by atoms with E-state index in [2.05, 4.69) is 20.9 Å². The van der Waals surface area contributed by atoms with Gasteiger partial charge >= 0.3 is 0 Å². The zero-order valence-corrected chi connectivity index (χ0v) is 8.67. The molecule has 1 unspecified atom stereocenters. The quantitative estimate of drug-likeness (QED) is 0.827. The summed E-state index contributed by atoms with van der Waals surface area (Å²) in [5.74, 6) is 0.510. The Hall–Kier alpha value is -0.610. The fourth-order valence-electron chi connectivity index (χ4n) is 1.43.